The summed E-state index contributed by atoms with van der Waals surface area (Å²) in [6.07, 6.45) is 11.4. The van der Waals surface area contributed by atoms with Crippen LogP contribution in [0.1, 0.15) is 136 Å². The molecule has 0 bridgehead atoms. The van der Waals surface area contributed by atoms with Gasteiger partial charge in [0.15, 0.2) is 17.7 Å². The zero-order chi connectivity index (χ0) is 35.5. The van der Waals surface area contributed by atoms with Crippen LogP contribution in [0.4, 0.5) is 13.2 Å². The Hall–Kier alpha value is -3.95. The van der Waals surface area contributed by atoms with Crippen LogP contribution in [0.25, 0.3) is 11.4 Å². The molecule has 0 fully saturated rings. The summed E-state index contributed by atoms with van der Waals surface area (Å²) in [6, 6.07) is 10.7. The second-order valence-corrected chi connectivity index (χ2v) is 12.5. The molecule has 1 heterocycles. The summed E-state index contributed by atoms with van der Waals surface area (Å²) < 4.78 is 56.6. The highest BCUT2D eigenvalue weighted by atomic mass is 19.4. The van der Waals surface area contributed by atoms with E-state index in [1.165, 1.54) is 69.6 Å². The van der Waals surface area contributed by atoms with Gasteiger partial charge in [-0.15, -0.1) is 0 Å². The Balaban J connectivity index is 1.45. The molecule has 0 N–H and O–H groups in total. The molecule has 2 aromatic carbocycles. The van der Waals surface area contributed by atoms with Crippen LogP contribution in [0.15, 0.2) is 54.9 Å². The number of nitrogens with zero attached hydrogens (tertiary/aromatic N) is 2. The summed E-state index contributed by atoms with van der Waals surface area (Å²) in [5, 5.41) is 0. The predicted molar refractivity (Wildman–Crippen MR) is 185 cm³/mol. The van der Waals surface area contributed by atoms with E-state index in [-0.39, 0.29) is 23.3 Å². The second kappa shape index (κ2) is 21.2. The molecule has 0 aliphatic heterocycles. The number of ether oxygens (including phenoxy) is 3. The van der Waals surface area contributed by atoms with Crippen molar-refractivity contribution in [1.29, 1.82) is 0 Å². The average molecular weight is 685 g/mol. The van der Waals surface area contributed by atoms with Crippen molar-refractivity contribution in [3.8, 4) is 22.9 Å². The number of carbonyl (C=O) groups is 2. The van der Waals surface area contributed by atoms with Gasteiger partial charge in [0.05, 0.1) is 30.1 Å². The lowest BCUT2D eigenvalue weighted by Crippen LogP contribution is -2.34. The molecule has 49 heavy (non-hydrogen) atoms. The minimum absolute atomic E-state index is 0.0258. The van der Waals surface area contributed by atoms with Gasteiger partial charge < -0.3 is 14.2 Å². The van der Waals surface area contributed by atoms with Gasteiger partial charge in [-0.3, -0.25) is 0 Å². The van der Waals surface area contributed by atoms with Gasteiger partial charge >= 0.3 is 18.1 Å². The summed E-state index contributed by atoms with van der Waals surface area (Å²) in [7, 11) is 0. The molecule has 0 amide bonds. The topological polar surface area (TPSA) is 87.6 Å². The van der Waals surface area contributed by atoms with Crippen molar-refractivity contribution in [2.24, 2.45) is 0 Å². The molecule has 0 radical (unpaired) electrons. The Bertz CT molecular complexity index is 1410. The molecule has 1 atom stereocenters. The molecule has 7 nitrogen and oxygen atoms in total. The number of hydrogen-bond donors (Lipinski definition) is 0. The van der Waals surface area contributed by atoms with Gasteiger partial charge in [0.1, 0.15) is 5.75 Å². The molecule has 0 saturated heterocycles. The predicted octanol–water partition coefficient (Wildman–Crippen LogP) is 11.0. The lowest BCUT2D eigenvalue weighted by molar-refractivity contribution is -0.206. The van der Waals surface area contributed by atoms with Gasteiger partial charge in [-0.2, -0.15) is 13.2 Å². The second-order valence-electron chi connectivity index (χ2n) is 12.5. The number of benzene rings is 2. The van der Waals surface area contributed by atoms with Crippen molar-refractivity contribution >= 4 is 11.9 Å². The molecule has 0 saturated carbocycles. The number of esters is 2. The fourth-order valence-corrected chi connectivity index (χ4v) is 5.41. The normalized spacial score (nSPS) is 12.0. The van der Waals surface area contributed by atoms with Crippen molar-refractivity contribution < 1.29 is 37.0 Å². The van der Waals surface area contributed by atoms with Gasteiger partial charge in [-0.25, -0.2) is 19.6 Å². The SMILES string of the molecule is CCCCCCCCCCCCOc1cnc(-c2ccc(C(=O)Oc3ccc(C(=O)O[C@H](CCCCCC)C(F)(F)F)c(C)c3)cc2)nc1. The standard InChI is InChI=1S/C39H51F3N2O5/c1-4-6-8-10-11-12-13-14-15-17-25-47-33-27-43-36(44-28-33)30-19-21-31(22-20-30)37(45)48-32-23-24-34(29(3)26-32)38(46)49-35(39(40,41)42)18-16-9-7-5-2/h19-24,26-28,35H,4-18,25H2,1-3H3/t35-/m1/s1. The number of hydrogen-bond acceptors (Lipinski definition) is 7. The number of rotatable bonds is 22. The van der Waals surface area contributed by atoms with E-state index < -0.39 is 24.2 Å². The highest BCUT2D eigenvalue weighted by Crippen LogP contribution is 2.29. The first-order chi connectivity index (χ1) is 23.6. The van der Waals surface area contributed by atoms with Crippen LogP contribution in [0.5, 0.6) is 11.5 Å². The Kier molecular flexibility index (Phi) is 17.1. The van der Waals surface area contributed by atoms with Crippen molar-refractivity contribution in [3.63, 3.8) is 0 Å². The quantitative estimate of drug-likeness (QED) is 0.0591. The highest BCUT2D eigenvalue weighted by Gasteiger charge is 2.42. The minimum atomic E-state index is -4.66. The lowest BCUT2D eigenvalue weighted by Gasteiger charge is -2.21. The number of halogens is 3. The molecule has 3 aromatic rings. The first-order valence-corrected chi connectivity index (χ1v) is 17.8. The number of carbonyl (C=O) groups excluding carboxylic acids is 2. The van der Waals surface area contributed by atoms with Gasteiger partial charge in [0.25, 0.3) is 0 Å². The van der Waals surface area contributed by atoms with Crippen LogP contribution in [0, 0.1) is 6.92 Å². The monoisotopic (exact) mass is 684 g/mol. The fourth-order valence-electron chi connectivity index (χ4n) is 5.41. The van der Waals surface area contributed by atoms with E-state index in [1.54, 1.807) is 43.6 Å². The Morgan fingerprint density at radius 2 is 1.29 bits per heavy atom. The smallest absolute Gasteiger partial charge is 0.425 e. The van der Waals surface area contributed by atoms with Crippen LogP contribution in [-0.4, -0.2) is 40.8 Å². The fraction of sp³-hybridized carbons (Fsp3) is 0.538. The molecular weight excluding hydrogens is 633 g/mol. The molecule has 0 unspecified atom stereocenters. The summed E-state index contributed by atoms with van der Waals surface area (Å²) in [5.74, 6) is -0.469. The van der Waals surface area contributed by atoms with Crippen molar-refractivity contribution in [3.05, 3.63) is 71.5 Å². The van der Waals surface area contributed by atoms with Crippen LogP contribution in [0.2, 0.25) is 0 Å². The number of aryl methyl sites for hydroxylation is 1. The summed E-state index contributed by atoms with van der Waals surface area (Å²) in [4.78, 5) is 34.2. The van der Waals surface area contributed by atoms with E-state index in [9.17, 15) is 22.8 Å². The van der Waals surface area contributed by atoms with Crippen molar-refractivity contribution in [2.45, 2.75) is 129 Å². The van der Waals surface area contributed by atoms with E-state index in [0.717, 1.165) is 25.7 Å². The van der Waals surface area contributed by atoms with E-state index in [0.29, 0.717) is 42.1 Å². The minimum Gasteiger partial charge on any atom is -0.490 e. The zero-order valence-electron chi connectivity index (χ0n) is 29.2. The van der Waals surface area contributed by atoms with Gasteiger partial charge in [-0.1, -0.05) is 103 Å². The van der Waals surface area contributed by atoms with Crippen molar-refractivity contribution in [2.75, 3.05) is 6.61 Å². The Morgan fingerprint density at radius 3 is 1.86 bits per heavy atom. The van der Waals surface area contributed by atoms with Gasteiger partial charge in [0.2, 0.25) is 0 Å². The third-order valence-corrected chi connectivity index (χ3v) is 8.34. The van der Waals surface area contributed by atoms with E-state index in [4.69, 9.17) is 14.2 Å². The van der Waals surface area contributed by atoms with Gasteiger partial charge in [0, 0.05) is 5.56 Å². The maximum atomic E-state index is 13.5. The number of alkyl halides is 3. The number of aromatic nitrogens is 2. The molecule has 268 valence electrons. The largest absolute Gasteiger partial charge is 0.490 e. The molecule has 0 spiro atoms. The first-order valence-electron chi connectivity index (χ1n) is 17.8. The van der Waals surface area contributed by atoms with Crippen molar-refractivity contribution in [1.82, 2.24) is 9.97 Å². The van der Waals surface area contributed by atoms with Crippen LogP contribution in [-0.2, 0) is 4.74 Å². The van der Waals surface area contributed by atoms with E-state index in [1.807, 2.05) is 6.92 Å². The molecule has 3 rings (SSSR count). The summed E-state index contributed by atoms with van der Waals surface area (Å²) >= 11 is 0. The van der Waals surface area contributed by atoms with E-state index >= 15 is 0 Å². The third kappa shape index (κ3) is 14.2. The highest BCUT2D eigenvalue weighted by molar-refractivity contribution is 5.93. The Labute approximate surface area is 289 Å². The lowest BCUT2D eigenvalue weighted by atomic mass is 10.1. The van der Waals surface area contributed by atoms with Crippen LogP contribution in [0.3, 0.4) is 0 Å². The summed E-state index contributed by atoms with van der Waals surface area (Å²) in [5.41, 5.74) is 1.28. The van der Waals surface area contributed by atoms with Crippen LogP contribution >= 0.6 is 0 Å². The molecule has 10 heteroatoms. The first kappa shape index (κ1) is 39.5. The molecule has 1 aromatic heterocycles. The Morgan fingerprint density at radius 1 is 0.714 bits per heavy atom. The van der Waals surface area contributed by atoms with Gasteiger partial charge in [-0.05, 0) is 62.1 Å². The number of unbranched alkanes of at least 4 members (excludes halogenated alkanes) is 12. The maximum Gasteiger partial charge on any atom is 0.425 e. The molecule has 0 aliphatic rings. The maximum absolute atomic E-state index is 13.5. The zero-order valence-corrected chi connectivity index (χ0v) is 29.2. The third-order valence-electron chi connectivity index (χ3n) is 8.34. The molecular formula is C39H51F3N2O5. The summed E-state index contributed by atoms with van der Waals surface area (Å²) in [6.45, 7) is 6.37. The average Bonchev–Trinajstić information content (AvgIpc) is 3.08. The molecule has 0 aliphatic carbocycles. The van der Waals surface area contributed by atoms with E-state index in [2.05, 4.69) is 16.9 Å². The van der Waals surface area contributed by atoms with Crippen LogP contribution < -0.4 is 9.47 Å².